The van der Waals surface area contributed by atoms with Gasteiger partial charge in [-0.1, -0.05) is 0 Å². The predicted octanol–water partition coefficient (Wildman–Crippen LogP) is 2.51. The maximum atomic E-state index is 11.7. The standard InChI is InChI=1S/C13H16O4/c14-10-3-1-4-11(15)8(10)7-9-12(16)5-2-6-13(9)17/h14,16H,1-7H2. The van der Waals surface area contributed by atoms with E-state index in [4.69, 9.17) is 0 Å². The summed E-state index contributed by atoms with van der Waals surface area (Å²) in [7, 11) is 0. The van der Waals surface area contributed by atoms with Gasteiger partial charge in [0.05, 0.1) is 11.5 Å². The zero-order valence-corrected chi connectivity index (χ0v) is 9.66. The number of carbonyl (C=O) groups excluding carboxylic acids is 2. The van der Waals surface area contributed by atoms with Gasteiger partial charge in [0.2, 0.25) is 0 Å². The smallest absolute Gasteiger partial charge is 0.162 e. The average molecular weight is 236 g/mol. The van der Waals surface area contributed by atoms with Crippen molar-refractivity contribution < 1.29 is 19.8 Å². The van der Waals surface area contributed by atoms with E-state index in [1.165, 1.54) is 0 Å². The fourth-order valence-electron chi connectivity index (χ4n) is 2.34. The van der Waals surface area contributed by atoms with E-state index in [1.54, 1.807) is 0 Å². The minimum Gasteiger partial charge on any atom is -0.512 e. The first kappa shape index (κ1) is 11.9. The van der Waals surface area contributed by atoms with Gasteiger partial charge in [0, 0.05) is 43.3 Å². The van der Waals surface area contributed by atoms with Gasteiger partial charge >= 0.3 is 0 Å². The molecule has 0 bridgehead atoms. The molecule has 0 saturated carbocycles. The first-order valence-corrected chi connectivity index (χ1v) is 5.98. The largest absolute Gasteiger partial charge is 0.512 e. The second-order valence-corrected chi connectivity index (χ2v) is 4.58. The lowest BCUT2D eigenvalue weighted by Gasteiger charge is -2.19. The lowest BCUT2D eigenvalue weighted by atomic mass is 9.86. The Balaban J connectivity index is 2.26. The summed E-state index contributed by atoms with van der Waals surface area (Å²) >= 11 is 0. The highest BCUT2D eigenvalue weighted by molar-refractivity contribution is 6.02. The Hall–Kier alpha value is -1.58. The molecule has 17 heavy (non-hydrogen) atoms. The Morgan fingerprint density at radius 1 is 0.765 bits per heavy atom. The molecular formula is C13H16O4. The second-order valence-electron chi connectivity index (χ2n) is 4.58. The molecule has 2 rings (SSSR count). The maximum Gasteiger partial charge on any atom is 0.162 e. The number of carbonyl (C=O) groups is 2. The fourth-order valence-corrected chi connectivity index (χ4v) is 2.34. The fraction of sp³-hybridized carbons (Fsp3) is 0.538. The van der Waals surface area contributed by atoms with Crippen LogP contribution in [0.1, 0.15) is 44.9 Å². The Bertz CT molecular complexity index is 389. The average Bonchev–Trinajstić information content (AvgIpc) is 2.27. The van der Waals surface area contributed by atoms with Crippen LogP contribution in [0.25, 0.3) is 0 Å². The number of allylic oxidation sites excluding steroid dienone is 4. The Labute approximate surface area is 99.6 Å². The Morgan fingerprint density at radius 3 is 1.53 bits per heavy atom. The van der Waals surface area contributed by atoms with Gasteiger partial charge in [0.1, 0.15) is 0 Å². The van der Waals surface area contributed by atoms with Crippen molar-refractivity contribution in [1.82, 2.24) is 0 Å². The molecule has 2 aliphatic carbocycles. The number of rotatable bonds is 2. The number of hydrogen-bond donors (Lipinski definition) is 2. The van der Waals surface area contributed by atoms with Gasteiger partial charge < -0.3 is 10.2 Å². The summed E-state index contributed by atoms with van der Waals surface area (Å²) in [6.45, 7) is 0. The summed E-state index contributed by atoms with van der Waals surface area (Å²) in [5.74, 6) is -0.0420. The molecule has 0 aromatic rings. The molecule has 0 atom stereocenters. The minimum absolute atomic E-state index is 0.0833. The van der Waals surface area contributed by atoms with Crippen molar-refractivity contribution in [3.63, 3.8) is 0 Å². The van der Waals surface area contributed by atoms with Crippen LogP contribution in [-0.4, -0.2) is 21.8 Å². The van der Waals surface area contributed by atoms with Crippen molar-refractivity contribution in [1.29, 1.82) is 0 Å². The topological polar surface area (TPSA) is 74.6 Å². The molecule has 4 nitrogen and oxygen atoms in total. The molecule has 0 unspecified atom stereocenters. The molecule has 0 heterocycles. The van der Waals surface area contributed by atoms with Crippen molar-refractivity contribution in [2.75, 3.05) is 0 Å². The van der Waals surface area contributed by atoms with E-state index in [2.05, 4.69) is 0 Å². The van der Waals surface area contributed by atoms with Gasteiger partial charge in [-0.3, -0.25) is 9.59 Å². The van der Waals surface area contributed by atoms with Crippen LogP contribution >= 0.6 is 0 Å². The van der Waals surface area contributed by atoms with Gasteiger partial charge in [0.25, 0.3) is 0 Å². The number of aliphatic hydroxyl groups excluding tert-OH is 2. The summed E-state index contributed by atoms with van der Waals surface area (Å²) in [5, 5.41) is 19.4. The number of hydrogen-bond acceptors (Lipinski definition) is 4. The first-order chi connectivity index (χ1) is 8.09. The SMILES string of the molecule is O=C1CCCC(O)=C1CC1=C(O)CCCC1=O. The number of Topliss-reactive ketones (excluding diaryl/α,β-unsaturated/α-hetero) is 2. The third kappa shape index (κ3) is 2.40. The van der Waals surface area contributed by atoms with Crippen molar-refractivity contribution in [3.05, 3.63) is 22.7 Å². The molecule has 2 aliphatic rings. The lowest BCUT2D eigenvalue weighted by Crippen LogP contribution is -2.17. The monoisotopic (exact) mass is 236 g/mol. The van der Waals surface area contributed by atoms with Crippen LogP contribution < -0.4 is 0 Å². The molecule has 0 aliphatic heterocycles. The quantitative estimate of drug-likeness (QED) is 0.772. The van der Waals surface area contributed by atoms with Gasteiger partial charge in [-0.2, -0.15) is 0 Å². The minimum atomic E-state index is -0.104. The molecule has 0 aromatic heterocycles. The zero-order chi connectivity index (χ0) is 12.4. The molecule has 0 radical (unpaired) electrons. The zero-order valence-electron chi connectivity index (χ0n) is 9.66. The van der Waals surface area contributed by atoms with E-state index < -0.39 is 0 Å². The summed E-state index contributed by atoms with van der Waals surface area (Å²) in [4.78, 5) is 23.3. The first-order valence-electron chi connectivity index (χ1n) is 5.98. The molecule has 0 fully saturated rings. The Morgan fingerprint density at radius 2 is 1.18 bits per heavy atom. The van der Waals surface area contributed by atoms with Crippen molar-refractivity contribution in [2.45, 2.75) is 44.9 Å². The van der Waals surface area contributed by atoms with Crippen LogP contribution in [0.15, 0.2) is 22.7 Å². The normalized spacial score (nSPS) is 22.4. The summed E-state index contributed by atoms with van der Waals surface area (Å²) < 4.78 is 0. The molecule has 4 heteroatoms. The highest BCUT2D eigenvalue weighted by Crippen LogP contribution is 2.30. The van der Waals surface area contributed by atoms with Gasteiger partial charge in [-0.15, -0.1) is 0 Å². The van der Waals surface area contributed by atoms with E-state index >= 15 is 0 Å². The maximum absolute atomic E-state index is 11.7. The van der Waals surface area contributed by atoms with Crippen LogP contribution in [0.2, 0.25) is 0 Å². The number of aliphatic hydroxyl groups is 2. The van der Waals surface area contributed by atoms with Gasteiger partial charge in [0.15, 0.2) is 11.6 Å². The molecule has 0 saturated heterocycles. The van der Waals surface area contributed by atoms with Crippen molar-refractivity contribution in [2.24, 2.45) is 0 Å². The molecule has 0 spiro atoms. The lowest BCUT2D eigenvalue weighted by molar-refractivity contribution is -0.116. The van der Waals surface area contributed by atoms with E-state index in [0.717, 1.165) is 0 Å². The van der Waals surface area contributed by atoms with Crippen LogP contribution in [0.3, 0.4) is 0 Å². The Kier molecular flexibility index (Phi) is 3.31. The van der Waals surface area contributed by atoms with Crippen LogP contribution in [0, 0.1) is 0 Å². The van der Waals surface area contributed by atoms with Gasteiger partial charge in [-0.25, -0.2) is 0 Å². The van der Waals surface area contributed by atoms with E-state index in [1.807, 2.05) is 0 Å². The molecule has 92 valence electrons. The van der Waals surface area contributed by atoms with Crippen molar-refractivity contribution in [3.8, 4) is 0 Å². The van der Waals surface area contributed by atoms with E-state index in [0.29, 0.717) is 49.7 Å². The number of ketones is 2. The molecule has 2 N–H and O–H groups in total. The predicted molar refractivity (Wildman–Crippen MR) is 61.6 cm³/mol. The van der Waals surface area contributed by atoms with Crippen LogP contribution in [0.5, 0.6) is 0 Å². The highest BCUT2D eigenvalue weighted by Gasteiger charge is 2.26. The third-order valence-electron chi connectivity index (χ3n) is 3.36. The third-order valence-corrected chi connectivity index (χ3v) is 3.36. The summed E-state index contributed by atoms with van der Waals surface area (Å²) in [6.07, 6.45) is 3.23. The van der Waals surface area contributed by atoms with Gasteiger partial charge in [-0.05, 0) is 12.8 Å². The van der Waals surface area contributed by atoms with Crippen LogP contribution in [-0.2, 0) is 9.59 Å². The van der Waals surface area contributed by atoms with E-state index in [-0.39, 0.29) is 29.5 Å². The van der Waals surface area contributed by atoms with Crippen molar-refractivity contribution >= 4 is 11.6 Å². The van der Waals surface area contributed by atoms with E-state index in [9.17, 15) is 19.8 Å². The summed E-state index contributed by atoms with van der Waals surface area (Å²) in [6, 6.07) is 0. The molecule has 0 amide bonds. The highest BCUT2D eigenvalue weighted by atomic mass is 16.3. The summed E-state index contributed by atoms with van der Waals surface area (Å²) in [5.41, 5.74) is 0.626. The van der Waals surface area contributed by atoms with Crippen LogP contribution in [0.4, 0.5) is 0 Å². The molecule has 0 aromatic carbocycles. The molecular weight excluding hydrogens is 220 g/mol. The second kappa shape index (κ2) is 4.73.